The van der Waals surface area contributed by atoms with Crippen LogP contribution in [0.4, 0.5) is 0 Å². The van der Waals surface area contributed by atoms with Crippen LogP contribution in [0.5, 0.6) is 0 Å². The third-order valence-corrected chi connectivity index (χ3v) is 6.28. The Morgan fingerprint density at radius 2 is 2.16 bits per heavy atom. The van der Waals surface area contributed by atoms with E-state index in [1.54, 1.807) is 11.3 Å². The molecule has 128 valence electrons. The summed E-state index contributed by atoms with van der Waals surface area (Å²) >= 11 is 1.66. The predicted octanol–water partition coefficient (Wildman–Crippen LogP) is 3.12. The molecular weight excluding hydrogens is 332 g/mol. The van der Waals surface area contributed by atoms with Gasteiger partial charge >= 0.3 is 0 Å². The first-order valence-corrected chi connectivity index (χ1v) is 9.76. The van der Waals surface area contributed by atoms with Crippen LogP contribution in [0.15, 0.2) is 35.0 Å². The Labute approximate surface area is 150 Å². The van der Waals surface area contributed by atoms with Gasteiger partial charge in [-0.2, -0.15) is 16.4 Å². The molecule has 0 saturated carbocycles. The number of piperidine rings is 3. The molecule has 2 aromatic heterocycles. The molecule has 2 bridgehead atoms. The second kappa shape index (κ2) is 5.97. The van der Waals surface area contributed by atoms with Crippen molar-refractivity contribution in [2.45, 2.75) is 18.9 Å². The maximum absolute atomic E-state index is 12.7. The maximum Gasteiger partial charge on any atom is 0.251 e. The topological polar surface area (TPSA) is 61.0 Å². The van der Waals surface area contributed by atoms with Crippen molar-refractivity contribution in [3.8, 4) is 11.3 Å². The molecule has 6 rings (SSSR count). The highest BCUT2D eigenvalue weighted by Gasteiger charge is 2.34. The molecule has 1 amide bonds. The highest BCUT2D eigenvalue weighted by atomic mass is 32.1. The van der Waals surface area contributed by atoms with Crippen LogP contribution >= 0.6 is 11.3 Å². The van der Waals surface area contributed by atoms with E-state index in [1.165, 1.54) is 25.9 Å². The van der Waals surface area contributed by atoms with Crippen LogP contribution in [0.3, 0.4) is 0 Å². The smallest absolute Gasteiger partial charge is 0.251 e. The van der Waals surface area contributed by atoms with Crippen LogP contribution < -0.4 is 5.32 Å². The van der Waals surface area contributed by atoms with Crippen LogP contribution in [0, 0.1) is 5.92 Å². The van der Waals surface area contributed by atoms with Crippen LogP contribution in [0.2, 0.25) is 0 Å². The second-order valence-electron chi connectivity index (χ2n) is 7.06. The number of nitrogens with one attached hydrogen (secondary N) is 2. The van der Waals surface area contributed by atoms with E-state index in [0.29, 0.717) is 11.5 Å². The Morgan fingerprint density at radius 1 is 1.28 bits per heavy atom. The van der Waals surface area contributed by atoms with Gasteiger partial charge in [-0.1, -0.05) is 0 Å². The lowest BCUT2D eigenvalue weighted by Gasteiger charge is -2.44. The Bertz CT molecular complexity index is 909. The molecule has 5 heterocycles. The lowest BCUT2D eigenvalue weighted by atomic mass is 9.84. The Kier molecular flexibility index (Phi) is 3.60. The van der Waals surface area contributed by atoms with Gasteiger partial charge in [-0.25, -0.2) is 0 Å². The van der Waals surface area contributed by atoms with E-state index in [1.807, 2.05) is 23.6 Å². The minimum Gasteiger partial charge on any atom is -0.348 e. The number of hydrogen-bond acceptors (Lipinski definition) is 4. The zero-order valence-corrected chi connectivity index (χ0v) is 14.7. The third kappa shape index (κ3) is 2.65. The van der Waals surface area contributed by atoms with Gasteiger partial charge < -0.3 is 10.2 Å². The summed E-state index contributed by atoms with van der Waals surface area (Å²) in [6.45, 7) is 3.36. The second-order valence-corrected chi connectivity index (χ2v) is 7.84. The van der Waals surface area contributed by atoms with E-state index in [0.717, 1.165) is 28.7 Å². The van der Waals surface area contributed by atoms with Crippen molar-refractivity contribution >= 4 is 28.1 Å². The van der Waals surface area contributed by atoms with Crippen molar-refractivity contribution in [2.75, 3.05) is 19.6 Å². The number of aromatic nitrogens is 2. The summed E-state index contributed by atoms with van der Waals surface area (Å²) in [6, 6.07) is 8.17. The average molecular weight is 352 g/mol. The van der Waals surface area contributed by atoms with Crippen LogP contribution in [0.25, 0.3) is 22.2 Å². The van der Waals surface area contributed by atoms with Gasteiger partial charge in [0.2, 0.25) is 0 Å². The minimum absolute atomic E-state index is 0.0207. The minimum atomic E-state index is 0.0207. The number of aromatic amines is 1. The van der Waals surface area contributed by atoms with Crippen molar-refractivity contribution in [3.05, 3.63) is 40.6 Å². The highest BCUT2D eigenvalue weighted by Crippen LogP contribution is 2.29. The molecule has 2 N–H and O–H groups in total. The molecule has 3 aliphatic heterocycles. The molecule has 6 heteroatoms. The van der Waals surface area contributed by atoms with Gasteiger partial charge in [-0.15, -0.1) is 0 Å². The number of hydrogen-bond donors (Lipinski definition) is 2. The van der Waals surface area contributed by atoms with E-state index < -0.39 is 0 Å². The van der Waals surface area contributed by atoms with Crippen molar-refractivity contribution in [3.63, 3.8) is 0 Å². The first-order valence-electron chi connectivity index (χ1n) is 8.82. The average Bonchev–Trinajstić information content (AvgIpc) is 3.31. The van der Waals surface area contributed by atoms with E-state index in [4.69, 9.17) is 0 Å². The quantitative estimate of drug-likeness (QED) is 0.761. The summed E-state index contributed by atoms with van der Waals surface area (Å²) in [6.07, 6.45) is 2.41. The number of carbonyl (C=O) groups is 1. The number of amides is 1. The van der Waals surface area contributed by atoms with Gasteiger partial charge in [0.15, 0.2) is 0 Å². The standard InChI is InChI=1S/C19H20N4OS/c24-19(20-17-10-23-6-3-12(17)4-7-23)13-1-2-15-16(9-13)21-22-18(15)14-5-8-25-11-14/h1-2,5,8-9,11-12,17H,3-4,6-7,10H2,(H,20,24)(H,21,22). The summed E-state index contributed by atoms with van der Waals surface area (Å²) in [5.41, 5.74) is 3.66. The zero-order chi connectivity index (χ0) is 16.8. The summed E-state index contributed by atoms with van der Waals surface area (Å²) < 4.78 is 0. The molecule has 3 aliphatic rings. The molecule has 3 aromatic rings. The fraction of sp³-hybridized carbons (Fsp3) is 0.368. The van der Waals surface area contributed by atoms with Crippen molar-refractivity contribution in [1.29, 1.82) is 0 Å². The lowest BCUT2D eigenvalue weighted by molar-refractivity contribution is 0.0620. The molecule has 3 saturated heterocycles. The summed E-state index contributed by atoms with van der Waals surface area (Å²) in [5, 5.41) is 15.9. The Morgan fingerprint density at radius 3 is 2.88 bits per heavy atom. The fourth-order valence-corrected chi connectivity index (χ4v) is 4.80. The number of fused-ring (bicyclic) bond motifs is 4. The van der Waals surface area contributed by atoms with Gasteiger partial charge in [0, 0.05) is 34.5 Å². The van der Waals surface area contributed by atoms with Gasteiger partial charge in [-0.05, 0) is 61.5 Å². The summed E-state index contributed by atoms with van der Waals surface area (Å²) in [7, 11) is 0. The van der Waals surface area contributed by atoms with Crippen LogP contribution in [-0.4, -0.2) is 46.7 Å². The predicted molar refractivity (Wildman–Crippen MR) is 99.8 cm³/mol. The molecule has 25 heavy (non-hydrogen) atoms. The number of nitrogens with zero attached hydrogens (tertiary/aromatic N) is 2. The summed E-state index contributed by atoms with van der Waals surface area (Å²) in [4.78, 5) is 15.2. The molecule has 0 aliphatic carbocycles. The molecule has 1 atom stereocenters. The number of thiophene rings is 1. The SMILES string of the molecule is O=C(NC1CN2CCC1CC2)c1ccc2c(-c3ccsc3)n[nH]c2c1. The molecule has 1 aromatic carbocycles. The number of H-pyrrole nitrogens is 1. The summed E-state index contributed by atoms with van der Waals surface area (Å²) in [5.74, 6) is 0.655. The fourth-order valence-electron chi connectivity index (χ4n) is 4.16. The monoisotopic (exact) mass is 352 g/mol. The van der Waals surface area contributed by atoms with E-state index >= 15 is 0 Å². The molecule has 5 nitrogen and oxygen atoms in total. The normalized spacial score (nSPS) is 25.4. The molecule has 1 unspecified atom stereocenters. The van der Waals surface area contributed by atoms with Crippen molar-refractivity contribution in [2.24, 2.45) is 5.92 Å². The van der Waals surface area contributed by atoms with E-state index in [9.17, 15) is 4.79 Å². The maximum atomic E-state index is 12.7. The van der Waals surface area contributed by atoms with Crippen molar-refractivity contribution < 1.29 is 4.79 Å². The number of carbonyl (C=O) groups excluding carboxylic acids is 1. The van der Waals surface area contributed by atoms with E-state index in [2.05, 4.69) is 31.9 Å². The van der Waals surface area contributed by atoms with Gasteiger partial charge in [-0.3, -0.25) is 9.89 Å². The number of rotatable bonds is 3. The molecular formula is C19H20N4OS. The third-order valence-electron chi connectivity index (χ3n) is 5.59. The highest BCUT2D eigenvalue weighted by molar-refractivity contribution is 7.08. The zero-order valence-electron chi connectivity index (χ0n) is 13.9. The Hall–Kier alpha value is -2.18. The van der Waals surface area contributed by atoms with Crippen LogP contribution in [-0.2, 0) is 0 Å². The lowest BCUT2D eigenvalue weighted by Crippen LogP contribution is -2.57. The van der Waals surface area contributed by atoms with Gasteiger partial charge in [0.1, 0.15) is 5.69 Å². The van der Waals surface area contributed by atoms with E-state index in [-0.39, 0.29) is 11.9 Å². The first kappa shape index (κ1) is 15.1. The Balaban J connectivity index is 1.39. The molecule has 0 radical (unpaired) electrons. The van der Waals surface area contributed by atoms with Crippen LogP contribution in [0.1, 0.15) is 23.2 Å². The van der Waals surface area contributed by atoms with Gasteiger partial charge in [0.25, 0.3) is 5.91 Å². The molecule has 3 fully saturated rings. The van der Waals surface area contributed by atoms with Crippen molar-refractivity contribution in [1.82, 2.24) is 20.4 Å². The first-order chi connectivity index (χ1) is 12.3. The molecule has 0 spiro atoms. The largest absolute Gasteiger partial charge is 0.348 e. The number of benzene rings is 1. The van der Waals surface area contributed by atoms with Gasteiger partial charge in [0.05, 0.1) is 5.52 Å².